The van der Waals surface area contributed by atoms with Crippen LogP contribution in [0.2, 0.25) is 0 Å². The van der Waals surface area contributed by atoms with Crippen molar-refractivity contribution >= 4 is 39.5 Å². The Kier molecular flexibility index (Phi) is 71.2. The third-order valence-electron chi connectivity index (χ3n) is 19.3. The maximum Gasteiger partial charge on any atom is 0.472 e. The summed E-state index contributed by atoms with van der Waals surface area (Å²) in [5, 5.41) is 10.6. The van der Waals surface area contributed by atoms with E-state index in [4.69, 9.17) is 37.0 Å². The molecule has 19 heteroatoms. The molecule has 0 amide bonds. The van der Waals surface area contributed by atoms with Crippen LogP contribution in [0.15, 0.2) is 0 Å². The first kappa shape index (κ1) is 98.1. The van der Waals surface area contributed by atoms with E-state index in [0.717, 1.165) is 102 Å². The zero-order chi connectivity index (χ0) is 73.5. The summed E-state index contributed by atoms with van der Waals surface area (Å²) >= 11 is 0. The number of ether oxygens (including phenoxy) is 4. The van der Waals surface area contributed by atoms with Gasteiger partial charge in [0.2, 0.25) is 0 Å². The molecule has 0 aromatic rings. The van der Waals surface area contributed by atoms with Crippen molar-refractivity contribution in [2.45, 2.75) is 445 Å². The fourth-order valence-electron chi connectivity index (χ4n) is 12.5. The third-order valence-corrected chi connectivity index (χ3v) is 21.2. The molecule has 0 rings (SSSR count). The summed E-state index contributed by atoms with van der Waals surface area (Å²) < 4.78 is 68.7. The third kappa shape index (κ3) is 73.0. The van der Waals surface area contributed by atoms with Crippen LogP contribution in [-0.2, 0) is 65.4 Å². The molecule has 0 spiro atoms. The van der Waals surface area contributed by atoms with E-state index in [1.54, 1.807) is 0 Å². The van der Waals surface area contributed by atoms with Crippen molar-refractivity contribution in [1.29, 1.82) is 0 Å². The monoisotopic (exact) mass is 1470 g/mol. The average Bonchev–Trinajstić information content (AvgIpc) is 0.926. The quantitative estimate of drug-likeness (QED) is 0.0222. The molecule has 0 aliphatic heterocycles. The van der Waals surface area contributed by atoms with E-state index >= 15 is 0 Å². The second-order valence-electron chi connectivity index (χ2n) is 29.9. The van der Waals surface area contributed by atoms with Gasteiger partial charge in [-0.3, -0.25) is 37.3 Å². The number of phosphoric ester groups is 2. The first-order valence-corrected chi connectivity index (χ1v) is 45.0. The van der Waals surface area contributed by atoms with Gasteiger partial charge in [0.1, 0.15) is 19.3 Å². The Morgan fingerprint density at radius 3 is 0.760 bits per heavy atom. The first-order valence-electron chi connectivity index (χ1n) is 42.0. The summed E-state index contributed by atoms with van der Waals surface area (Å²) in [5.41, 5.74) is 0. The highest BCUT2D eigenvalue weighted by atomic mass is 31.2. The van der Waals surface area contributed by atoms with Gasteiger partial charge in [0.15, 0.2) is 12.2 Å². The summed E-state index contributed by atoms with van der Waals surface area (Å²) in [4.78, 5) is 73.0. The van der Waals surface area contributed by atoms with Gasteiger partial charge in [-0.05, 0) is 37.5 Å². The van der Waals surface area contributed by atoms with Gasteiger partial charge in [0.25, 0.3) is 0 Å². The van der Waals surface area contributed by atoms with E-state index in [2.05, 4.69) is 41.5 Å². The fraction of sp³-hybridized carbons (Fsp3) is 0.951. The zero-order valence-electron chi connectivity index (χ0n) is 65.5. The molecule has 0 heterocycles. The van der Waals surface area contributed by atoms with Crippen LogP contribution in [0.1, 0.15) is 427 Å². The van der Waals surface area contributed by atoms with Gasteiger partial charge in [-0.25, -0.2) is 9.13 Å². The average molecular weight is 1470 g/mol. The molecule has 17 nitrogen and oxygen atoms in total. The van der Waals surface area contributed by atoms with Crippen LogP contribution in [0.4, 0.5) is 0 Å². The van der Waals surface area contributed by atoms with E-state index in [-0.39, 0.29) is 25.7 Å². The van der Waals surface area contributed by atoms with Gasteiger partial charge >= 0.3 is 39.5 Å². The summed E-state index contributed by atoms with van der Waals surface area (Å²) in [5.74, 6) is -0.535. The molecule has 594 valence electrons. The zero-order valence-corrected chi connectivity index (χ0v) is 67.3. The lowest BCUT2D eigenvalue weighted by molar-refractivity contribution is -0.161. The SMILES string of the molecule is CCCCCCCCCCCCCCCCCCCCCCC(=O)O[C@H](COC(=O)CCCCCCCCCCCCCCCCCC(C)C)COP(=O)(O)OC[C@@H](O)COP(=O)(O)OC[C@@H](COC(=O)CCCCCCCCCCCC)OC(=O)CCCCCCCCCCC(C)CC. The Morgan fingerprint density at radius 2 is 0.510 bits per heavy atom. The van der Waals surface area contributed by atoms with Gasteiger partial charge in [0, 0.05) is 25.7 Å². The summed E-state index contributed by atoms with van der Waals surface area (Å²) in [6.07, 6.45) is 62.4. The Morgan fingerprint density at radius 1 is 0.290 bits per heavy atom. The van der Waals surface area contributed by atoms with E-state index in [9.17, 15) is 43.2 Å². The van der Waals surface area contributed by atoms with Crippen molar-refractivity contribution in [3.05, 3.63) is 0 Å². The summed E-state index contributed by atoms with van der Waals surface area (Å²) in [6.45, 7) is 9.65. The second kappa shape index (κ2) is 72.6. The highest BCUT2D eigenvalue weighted by Crippen LogP contribution is 2.45. The summed E-state index contributed by atoms with van der Waals surface area (Å²) in [6, 6.07) is 0. The number of rotatable bonds is 80. The van der Waals surface area contributed by atoms with Crippen LogP contribution in [0, 0.1) is 11.8 Å². The topological polar surface area (TPSA) is 237 Å². The number of phosphoric acid groups is 2. The largest absolute Gasteiger partial charge is 0.472 e. The molecule has 100 heavy (non-hydrogen) atoms. The Hall–Kier alpha value is -1.94. The molecule has 0 aliphatic rings. The van der Waals surface area contributed by atoms with Crippen molar-refractivity contribution in [2.24, 2.45) is 11.8 Å². The number of aliphatic hydroxyl groups is 1. The standard InChI is InChI=1S/C81H158O17P2/c1-7-10-12-14-16-18-20-21-22-23-24-25-26-29-33-36-40-47-53-59-65-80(85)97-76(69-92-79(84)64-58-52-46-39-35-32-30-27-28-31-34-37-43-49-55-61-73(4)5)71-95-99(87,88)93-67-75(82)68-94-100(89,90)96-72-77(70-91-78(83)63-57-51-45-38-19-17-15-13-11-8-2)98-81(86)66-60-54-48-42-41-44-50-56-62-74(6)9-3/h73-77,82H,7-72H2,1-6H3,(H,87,88)(H,89,90)/t74?,75-,76-,77-/m1/s1. The lowest BCUT2D eigenvalue weighted by Crippen LogP contribution is -2.30. The number of esters is 4. The molecular weight excluding hydrogens is 1310 g/mol. The highest BCUT2D eigenvalue weighted by Gasteiger charge is 2.30. The fourth-order valence-corrected chi connectivity index (χ4v) is 14.1. The molecule has 0 fully saturated rings. The predicted octanol–water partition coefficient (Wildman–Crippen LogP) is 24.3. The molecule has 0 aromatic heterocycles. The molecule has 6 atom stereocenters. The highest BCUT2D eigenvalue weighted by molar-refractivity contribution is 7.47. The molecule has 0 radical (unpaired) electrons. The van der Waals surface area contributed by atoms with Gasteiger partial charge < -0.3 is 33.8 Å². The van der Waals surface area contributed by atoms with Crippen molar-refractivity contribution in [3.8, 4) is 0 Å². The number of hydrogen-bond acceptors (Lipinski definition) is 15. The smallest absolute Gasteiger partial charge is 0.462 e. The maximum atomic E-state index is 13.1. The number of carbonyl (C=O) groups excluding carboxylic acids is 4. The van der Waals surface area contributed by atoms with E-state index in [0.29, 0.717) is 25.7 Å². The van der Waals surface area contributed by atoms with Crippen LogP contribution in [0.25, 0.3) is 0 Å². The molecule has 0 aromatic carbocycles. The second-order valence-corrected chi connectivity index (χ2v) is 32.8. The Labute approximate surface area is 613 Å². The lowest BCUT2D eigenvalue weighted by atomic mass is 9.99. The van der Waals surface area contributed by atoms with Gasteiger partial charge in [0.05, 0.1) is 26.4 Å². The summed E-state index contributed by atoms with van der Waals surface area (Å²) in [7, 11) is -9.92. The van der Waals surface area contributed by atoms with Crippen molar-refractivity contribution in [3.63, 3.8) is 0 Å². The molecular formula is C81H158O17P2. The maximum absolute atomic E-state index is 13.1. The van der Waals surface area contributed by atoms with Crippen molar-refractivity contribution < 1.29 is 80.2 Å². The van der Waals surface area contributed by atoms with Gasteiger partial charge in [-0.2, -0.15) is 0 Å². The molecule has 0 aliphatic carbocycles. The minimum absolute atomic E-state index is 0.105. The number of aliphatic hydroxyl groups excluding tert-OH is 1. The predicted molar refractivity (Wildman–Crippen MR) is 409 cm³/mol. The Balaban J connectivity index is 5.22. The normalized spacial score (nSPS) is 14.2. The van der Waals surface area contributed by atoms with Crippen LogP contribution in [0.5, 0.6) is 0 Å². The van der Waals surface area contributed by atoms with Crippen LogP contribution >= 0.6 is 15.6 Å². The molecule has 0 saturated carbocycles. The number of hydrogen-bond donors (Lipinski definition) is 3. The van der Waals surface area contributed by atoms with E-state index < -0.39 is 97.5 Å². The lowest BCUT2D eigenvalue weighted by Gasteiger charge is -2.21. The van der Waals surface area contributed by atoms with E-state index in [1.165, 1.54) is 244 Å². The molecule has 3 N–H and O–H groups in total. The molecule has 0 saturated heterocycles. The van der Waals surface area contributed by atoms with Crippen LogP contribution < -0.4 is 0 Å². The van der Waals surface area contributed by atoms with Crippen LogP contribution in [0.3, 0.4) is 0 Å². The van der Waals surface area contributed by atoms with Crippen molar-refractivity contribution in [1.82, 2.24) is 0 Å². The molecule has 0 bridgehead atoms. The van der Waals surface area contributed by atoms with Crippen LogP contribution in [-0.4, -0.2) is 96.7 Å². The van der Waals surface area contributed by atoms with E-state index in [1.807, 2.05) is 0 Å². The van der Waals surface area contributed by atoms with Gasteiger partial charge in [-0.15, -0.1) is 0 Å². The Bertz CT molecular complexity index is 1930. The minimum Gasteiger partial charge on any atom is -0.462 e. The minimum atomic E-state index is -4.96. The number of carbonyl (C=O) groups is 4. The first-order chi connectivity index (χ1) is 48.4. The molecule has 3 unspecified atom stereocenters. The van der Waals surface area contributed by atoms with Gasteiger partial charge in [-0.1, -0.05) is 375 Å². The van der Waals surface area contributed by atoms with Crippen molar-refractivity contribution in [2.75, 3.05) is 39.6 Å². The number of unbranched alkanes of at least 4 members (excludes halogenated alkanes) is 49.